The lowest BCUT2D eigenvalue weighted by molar-refractivity contribution is -0.114. The van der Waals surface area contributed by atoms with E-state index in [1.165, 1.54) is 12.1 Å². The van der Waals surface area contributed by atoms with Crippen molar-refractivity contribution in [2.24, 2.45) is 0 Å². The quantitative estimate of drug-likeness (QED) is 0.247. The topological polar surface area (TPSA) is 95.6 Å². The SMILES string of the molecule is Cc1cc(C)cc(N(CC(=O)Nc2cccc(NC(=O)c3ccc(C(C)(C)C)cc3)c2)S(=O)(=O)c2ccccc2)c1. The van der Waals surface area contributed by atoms with Crippen molar-refractivity contribution in [2.75, 3.05) is 21.5 Å². The molecule has 2 N–H and O–H groups in total. The van der Waals surface area contributed by atoms with Crippen LogP contribution >= 0.6 is 0 Å². The molecule has 0 fully saturated rings. The van der Waals surface area contributed by atoms with E-state index >= 15 is 0 Å². The Balaban J connectivity index is 1.52. The Morgan fingerprint density at radius 2 is 1.32 bits per heavy atom. The van der Waals surface area contributed by atoms with Gasteiger partial charge in [-0.3, -0.25) is 13.9 Å². The Morgan fingerprint density at radius 3 is 1.90 bits per heavy atom. The van der Waals surface area contributed by atoms with Gasteiger partial charge in [0, 0.05) is 16.9 Å². The van der Waals surface area contributed by atoms with E-state index in [1.807, 2.05) is 32.0 Å². The van der Waals surface area contributed by atoms with Crippen molar-refractivity contribution in [3.8, 4) is 0 Å². The summed E-state index contributed by atoms with van der Waals surface area (Å²) in [5.74, 6) is -0.797. The van der Waals surface area contributed by atoms with Gasteiger partial charge in [-0.1, -0.05) is 63.2 Å². The first kappa shape index (κ1) is 29.6. The average Bonchev–Trinajstić information content (AvgIpc) is 2.91. The van der Waals surface area contributed by atoms with E-state index in [2.05, 4.69) is 31.4 Å². The molecular weight excluding hydrogens is 534 g/mol. The molecule has 7 nitrogen and oxygen atoms in total. The molecule has 0 bridgehead atoms. The molecule has 0 aliphatic carbocycles. The van der Waals surface area contributed by atoms with Gasteiger partial charge in [0.15, 0.2) is 0 Å². The summed E-state index contributed by atoms with van der Waals surface area (Å²) in [6, 6.07) is 27.7. The van der Waals surface area contributed by atoms with Crippen LogP contribution < -0.4 is 14.9 Å². The predicted octanol–water partition coefficient (Wildman–Crippen LogP) is 6.69. The number of nitrogens with one attached hydrogen (secondary N) is 2. The third-order valence-corrected chi connectivity index (χ3v) is 8.32. The molecule has 4 aromatic rings. The predicted molar refractivity (Wildman–Crippen MR) is 165 cm³/mol. The fourth-order valence-corrected chi connectivity index (χ4v) is 5.89. The molecule has 0 unspecified atom stereocenters. The first-order valence-electron chi connectivity index (χ1n) is 13.3. The summed E-state index contributed by atoms with van der Waals surface area (Å²) in [4.78, 5) is 26.1. The summed E-state index contributed by atoms with van der Waals surface area (Å²) in [7, 11) is -4.03. The highest BCUT2D eigenvalue weighted by Gasteiger charge is 2.27. The minimum atomic E-state index is -4.03. The van der Waals surface area contributed by atoms with Crippen molar-refractivity contribution in [2.45, 2.75) is 44.9 Å². The number of carbonyl (C=O) groups is 2. The van der Waals surface area contributed by atoms with Crippen molar-refractivity contribution in [1.29, 1.82) is 0 Å². The minimum absolute atomic E-state index is 0.0181. The minimum Gasteiger partial charge on any atom is -0.324 e. The van der Waals surface area contributed by atoms with Gasteiger partial charge in [0.25, 0.3) is 15.9 Å². The fraction of sp³-hybridized carbons (Fsp3) is 0.212. The van der Waals surface area contributed by atoms with Crippen LogP contribution in [-0.2, 0) is 20.2 Å². The second kappa shape index (κ2) is 12.0. The number of hydrogen-bond donors (Lipinski definition) is 2. The summed E-state index contributed by atoms with van der Waals surface area (Å²) >= 11 is 0. The van der Waals surface area contributed by atoms with E-state index < -0.39 is 22.5 Å². The Morgan fingerprint density at radius 1 is 0.732 bits per heavy atom. The molecule has 41 heavy (non-hydrogen) atoms. The van der Waals surface area contributed by atoms with Gasteiger partial charge >= 0.3 is 0 Å². The van der Waals surface area contributed by atoms with E-state index in [0.717, 1.165) is 21.0 Å². The molecule has 0 aliphatic heterocycles. The van der Waals surface area contributed by atoms with Gasteiger partial charge in [-0.05, 0) is 90.6 Å². The Hall–Kier alpha value is -4.43. The highest BCUT2D eigenvalue weighted by molar-refractivity contribution is 7.92. The molecule has 212 valence electrons. The number of hydrogen-bond acceptors (Lipinski definition) is 4. The molecule has 0 aromatic heterocycles. The summed E-state index contributed by atoms with van der Waals surface area (Å²) in [6.07, 6.45) is 0. The average molecular weight is 570 g/mol. The number of nitrogens with zero attached hydrogens (tertiary/aromatic N) is 1. The van der Waals surface area contributed by atoms with E-state index in [9.17, 15) is 18.0 Å². The van der Waals surface area contributed by atoms with Crippen LogP contribution in [0, 0.1) is 13.8 Å². The summed E-state index contributed by atoms with van der Waals surface area (Å²) in [5, 5.41) is 5.63. The zero-order chi connectivity index (χ0) is 29.8. The van der Waals surface area contributed by atoms with Crippen molar-refractivity contribution in [3.05, 3.63) is 119 Å². The maximum absolute atomic E-state index is 13.6. The van der Waals surface area contributed by atoms with Crippen molar-refractivity contribution in [3.63, 3.8) is 0 Å². The smallest absolute Gasteiger partial charge is 0.264 e. The van der Waals surface area contributed by atoms with Crippen LogP contribution in [0.3, 0.4) is 0 Å². The molecule has 0 saturated heterocycles. The molecular formula is C33H35N3O4S. The Bertz CT molecular complexity index is 1640. The number of rotatable bonds is 8. The number of amides is 2. The standard InChI is InChI=1S/C33H35N3O4S/c1-23-18-24(2)20-29(19-23)36(41(39,40)30-12-7-6-8-13-30)22-31(37)34-27-10-9-11-28(21-27)35-32(38)25-14-16-26(17-15-25)33(3,4)5/h6-21H,22H2,1-5H3,(H,34,37)(H,35,38). The van der Waals surface area contributed by atoms with Crippen molar-refractivity contribution in [1.82, 2.24) is 0 Å². The van der Waals surface area contributed by atoms with Crippen LogP contribution in [0.25, 0.3) is 0 Å². The van der Waals surface area contributed by atoms with E-state index in [0.29, 0.717) is 22.6 Å². The molecule has 0 heterocycles. The van der Waals surface area contributed by atoms with Gasteiger partial charge in [0.05, 0.1) is 10.6 Å². The van der Waals surface area contributed by atoms with Crippen LogP contribution in [0.1, 0.15) is 47.8 Å². The maximum atomic E-state index is 13.6. The summed E-state index contributed by atoms with van der Waals surface area (Å²) in [6.45, 7) is 9.66. The van der Waals surface area contributed by atoms with E-state index in [4.69, 9.17) is 0 Å². The Labute approximate surface area is 242 Å². The van der Waals surface area contributed by atoms with Gasteiger partial charge in [0.2, 0.25) is 5.91 Å². The normalized spacial score (nSPS) is 11.5. The zero-order valence-electron chi connectivity index (χ0n) is 23.9. The molecule has 4 aromatic carbocycles. The lowest BCUT2D eigenvalue weighted by atomic mass is 9.87. The fourth-order valence-electron chi connectivity index (χ4n) is 4.46. The van der Waals surface area contributed by atoms with E-state index in [-0.39, 0.29) is 16.2 Å². The monoisotopic (exact) mass is 569 g/mol. The molecule has 0 aliphatic rings. The second-order valence-corrected chi connectivity index (χ2v) is 12.9. The lowest BCUT2D eigenvalue weighted by Gasteiger charge is -2.25. The number of aryl methyl sites for hydroxylation is 2. The number of sulfonamides is 1. The summed E-state index contributed by atoms with van der Waals surface area (Å²) in [5.41, 5.74) is 4.71. The van der Waals surface area contributed by atoms with Crippen LogP contribution in [0.2, 0.25) is 0 Å². The molecule has 0 radical (unpaired) electrons. The van der Waals surface area contributed by atoms with Gasteiger partial charge in [-0.15, -0.1) is 0 Å². The molecule has 0 spiro atoms. The van der Waals surface area contributed by atoms with Gasteiger partial charge < -0.3 is 10.6 Å². The third-order valence-electron chi connectivity index (χ3n) is 6.53. The second-order valence-electron chi connectivity index (χ2n) is 11.1. The molecule has 0 saturated carbocycles. The summed E-state index contributed by atoms with van der Waals surface area (Å²) < 4.78 is 28.4. The Kier molecular flexibility index (Phi) is 8.63. The maximum Gasteiger partial charge on any atom is 0.264 e. The van der Waals surface area contributed by atoms with Crippen LogP contribution in [0.15, 0.2) is 102 Å². The van der Waals surface area contributed by atoms with Gasteiger partial charge in [-0.25, -0.2) is 8.42 Å². The largest absolute Gasteiger partial charge is 0.324 e. The lowest BCUT2D eigenvalue weighted by Crippen LogP contribution is -2.38. The number of carbonyl (C=O) groups excluding carboxylic acids is 2. The van der Waals surface area contributed by atoms with Gasteiger partial charge in [0.1, 0.15) is 6.54 Å². The number of benzene rings is 4. The first-order chi connectivity index (χ1) is 19.3. The van der Waals surface area contributed by atoms with Crippen LogP contribution in [0.5, 0.6) is 0 Å². The van der Waals surface area contributed by atoms with Crippen LogP contribution in [0.4, 0.5) is 17.1 Å². The number of anilines is 3. The highest BCUT2D eigenvalue weighted by atomic mass is 32.2. The molecule has 2 amide bonds. The zero-order valence-corrected chi connectivity index (χ0v) is 24.7. The van der Waals surface area contributed by atoms with E-state index in [1.54, 1.807) is 66.7 Å². The molecule has 8 heteroatoms. The third kappa shape index (κ3) is 7.41. The molecule has 0 atom stereocenters. The van der Waals surface area contributed by atoms with Crippen molar-refractivity contribution >= 4 is 38.9 Å². The van der Waals surface area contributed by atoms with Gasteiger partial charge in [-0.2, -0.15) is 0 Å². The van der Waals surface area contributed by atoms with Crippen LogP contribution in [-0.4, -0.2) is 26.8 Å². The highest BCUT2D eigenvalue weighted by Crippen LogP contribution is 2.27. The van der Waals surface area contributed by atoms with Crippen molar-refractivity contribution < 1.29 is 18.0 Å². The first-order valence-corrected chi connectivity index (χ1v) is 14.7. The molecule has 4 rings (SSSR count).